The van der Waals surface area contributed by atoms with Gasteiger partial charge in [0.1, 0.15) is 0 Å². The zero-order valence-corrected chi connectivity index (χ0v) is 12.6. The van der Waals surface area contributed by atoms with E-state index in [2.05, 4.69) is 16.0 Å². The Labute approximate surface area is 122 Å². The molecule has 0 aliphatic rings. The van der Waals surface area contributed by atoms with Gasteiger partial charge in [-0.3, -0.25) is 19.2 Å². The molecule has 0 bridgehead atoms. The molecule has 0 rings (SSSR count). The molecular formula is C12H21N3O4S. The maximum absolute atomic E-state index is 11.3. The molecule has 0 aliphatic carbocycles. The number of rotatable bonds is 10. The molecule has 20 heavy (non-hydrogen) atoms. The number of Topliss-reactive ketones (excluding diaryl/α,β-unsaturated/α-hetero) is 1. The van der Waals surface area contributed by atoms with Crippen molar-refractivity contribution in [3.05, 3.63) is 0 Å². The van der Waals surface area contributed by atoms with Crippen molar-refractivity contribution in [2.45, 2.75) is 20.3 Å². The minimum atomic E-state index is -0.447. The number of thioether (sulfide) groups is 1. The second-order valence-corrected chi connectivity index (χ2v) is 5.13. The highest BCUT2D eigenvalue weighted by Crippen LogP contribution is 1.95. The molecule has 7 nitrogen and oxygen atoms in total. The monoisotopic (exact) mass is 303 g/mol. The number of carbonyl (C=O) groups is 4. The molecule has 3 N–H and O–H groups in total. The van der Waals surface area contributed by atoms with Crippen LogP contribution in [-0.4, -0.2) is 54.6 Å². The van der Waals surface area contributed by atoms with Crippen LogP contribution in [0.3, 0.4) is 0 Å². The molecule has 0 saturated heterocycles. The van der Waals surface area contributed by atoms with Crippen LogP contribution in [0.25, 0.3) is 0 Å². The average Bonchev–Trinajstić information content (AvgIpc) is 2.45. The van der Waals surface area contributed by atoms with Gasteiger partial charge in [0.2, 0.25) is 17.7 Å². The van der Waals surface area contributed by atoms with Crippen molar-refractivity contribution in [1.29, 1.82) is 0 Å². The summed E-state index contributed by atoms with van der Waals surface area (Å²) in [6.45, 7) is 3.23. The van der Waals surface area contributed by atoms with Crippen molar-refractivity contribution in [3.63, 3.8) is 0 Å². The highest BCUT2D eigenvalue weighted by atomic mass is 32.2. The van der Waals surface area contributed by atoms with Gasteiger partial charge in [-0.25, -0.2) is 0 Å². The third-order valence-corrected chi connectivity index (χ3v) is 3.08. The van der Waals surface area contributed by atoms with Crippen molar-refractivity contribution >= 4 is 35.3 Å². The molecule has 0 unspecified atom stereocenters. The Kier molecular flexibility index (Phi) is 10.4. The van der Waals surface area contributed by atoms with Crippen LogP contribution in [0.1, 0.15) is 20.3 Å². The summed E-state index contributed by atoms with van der Waals surface area (Å²) in [5, 5.41) is 7.18. The van der Waals surface area contributed by atoms with Gasteiger partial charge in [-0.05, 0) is 5.75 Å². The lowest BCUT2D eigenvalue weighted by Gasteiger charge is -2.07. The molecule has 0 saturated carbocycles. The Hall–Kier alpha value is -1.57. The molecule has 0 heterocycles. The fourth-order valence-corrected chi connectivity index (χ4v) is 1.54. The Bertz CT molecular complexity index is 361. The van der Waals surface area contributed by atoms with Crippen LogP contribution in [0.5, 0.6) is 0 Å². The van der Waals surface area contributed by atoms with Crippen LogP contribution in [0.4, 0.5) is 0 Å². The van der Waals surface area contributed by atoms with Crippen molar-refractivity contribution in [2.75, 3.05) is 31.1 Å². The SMILES string of the molecule is CCSCC(=O)NCC(=O)NCC(=O)NCC(=O)CC. The number of amides is 3. The van der Waals surface area contributed by atoms with Gasteiger partial charge in [0.15, 0.2) is 5.78 Å². The maximum Gasteiger partial charge on any atom is 0.239 e. The Morgan fingerprint density at radius 1 is 0.800 bits per heavy atom. The van der Waals surface area contributed by atoms with Gasteiger partial charge in [-0.2, -0.15) is 11.8 Å². The molecule has 0 atom stereocenters. The molecule has 0 aromatic heterocycles. The molecule has 0 aromatic carbocycles. The molecule has 0 radical (unpaired) electrons. The molecule has 114 valence electrons. The number of hydrogen-bond acceptors (Lipinski definition) is 5. The predicted molar refractivity (Wildman–Crippen MR) is 77.3 cm³/mol. The van der Waals surface area contributed by atoms with Crippen molar-refractivity contribution in [2.24, 2.45) is 0 Å². The van der Waals surface area contributed by atoms with E-state index in [1.54, 1.807) is 6.92 Å². The van der Waals surface area contributed by atoms with Gasteiger partial charge in [-0.15, -0.1) is 0 Å². The summed E-state index contributed by atoms with van der Waals surface area (Å²) in [5.74, 6) is -0.0418. The number of hydrogen-bond donors (Lipinski definition) is 3. The molecule has 8 heteroatoms. The van der Waals surface area contributed by atoms with E-state index in [9.17, 15) is 19.2 Å². The average molecular weight is 303 g/mol. The van der Waals surface area contributed by atoms with E-state index in [1.807, 2.05) is 6.92 Å². The third-order valence-electron chi connectivity index (χ3n) is 2.21. The molecule has 0 aliphatic heterocycles. The first-order valence-electron chi connectivity index (χ1n) is 6.39. The standard InChI is InChI=1S/C12H21N3O4S/c1-3-9(16)5-13-10(17)6-14-11(18)7-15-12(19)8-20-4-2/h3-8H2,1-2H3,(H,13,17)(H,14,18)(H,15,19). The summed E-state index contributed by atoms with van der Waals surface area (Å²) in [4.78, 5) is 44.8. The van der Waals surface area contributed by atoms with Crippen LogP contribution >= 0.6 is 11.8 Å². The van der Waals surface area contributed by atoms with Gasteiger partial charge in [0.05, 0.1) is 25.4 Å². The van der Waals surface area contributed by atoms with E-state index in [0.29, 0.717) is 12.2 Å². The smallest absolute Gasteiger partial charge is 0.239 e. The van der Waals surface area contributed by atoms with E-state index in [1.165, 1.54) is 11.8 Å². The molecule has 3 amide bonds. The van der Waals surface area contributed by atoms with E-state index in [4.69, 9.17) is 0 Å². The summed E-state index contributed by atoms with van der Waals surface area (Å²) < 4.78 is 0. The highest BCUT2D eigenvalue weighted by molar-refractivity contribution is 7.99. The Morgan fingerprint density at radius 3 is 1.80 bits per heavy atom. The largest absolute Gasteiger partial charge is 0.347 e. The fourth-order valence-electron chi connectivity index (χ4n) is 1.05. The van der Waals surface area contributed by atoms with Gasteiger partial charge >= 0.3 is 0 Å². The van der Waals surface area contributed by atoms with Crippen LogP contribution in [0, 0.1) is 0 Å². The normalized spacial score (nSPS) is 9.70. The van der Waals surface area contributed by atoms with Crippen LogP contribution in [0.15, 0.2) is 0 Å². The summed E-state index contributed by atoms with van der Waals surface area (Å²) in [6, 6.07) is 0. The van der Waals surface area contributed by atoms with Gasteiger partial charge in [0, 0.05) is 6.42 Å². The minimum Gasteiger partial charge on any atom is -0.347 e. The zero-order valence-electron chi connectivity index (χ0n) is 11.8. The molecule has 0 fully saturated rings. The number of carbonyl (C=O) groups excluding carboxylic acids is 4. The summed E-state index contributed by atoms with van der Waals surface area (Å²) in [7, 11) is 0. The quantitative estimate of drug-likeness (QED) is 0.483. The van der Waals surface area contributed by atoms with E-state index < -0.39 is 11.8 Å². The van der Waals surface area contributed by atoms with Crippen LogP contribution < -0.4 is 16.0 Å². The lowest BCUT2D eigenvalue weighted by Crippen LogP contribution is -2.43. The maximum atomic E-state index is 11.3. The van der Waals surface area contributed by atoms with E-state index in [0.717, 1.165) is 5.75 Å². The van der Waals surface area contributed by atoms with Crippen molar-refractivity contribution in [1.82, 2.24) is 16.0 Å². The molecule has 0 spiro atoms. The minimum absolute atomic E-state index is 0.0316. The second kappa shape index (κ2) is 11.3. The first kappa shape index (κ1) is 18.4. The summed E-state index contributed by atoms with van der Waals surface area (Å²) >= 11 is 1.46. The zero-order chi connectivity index (χ0) is 15.4. The third kappa shape index (κ3) is 10.4. The fraction of sp³-hybridized carbons (Fsp3) is 0.667. The van der Waals surface area contributed by atoms with Crippen LogP contribution in [-0.2, 0) is 19.2 Å². The first-order chi connectivity index (χ1) is 9.49. The molecular weight excluding hydrogens is 282 g/mol. The number of ketones is 1. The summed E-state index contributed by atoms with van der Waals surface area (Å²) in [6.07, 6.45) is 0.356. The van der Waals surface area contributed by atoms with Gasteiger partial charge in [-0.1, -0.05) is 13.8 Å². The lowest BCUT2D eigenvalue weighted by atomic mass is 10.3. The van der Waals surface area contributed by atoms with Crippen molar-refractivity contribution < 1.29 is 19.2 Å². The van der Waals surface area contributed by atoms with Gasteiger partial charge < -0.3 is 16.0 Å². The predicted octanol–water partition coefficient (Wildman–Crippen LogP) is -0.933. The van der Waals surface area contributed by atoms with Crippen molar-refractivity contribution in [3.8, 4) is 0 Å². The highest BCUT2D eigenvalue weighted by Gasteiger charge is 2.08. The number of nitrogens with one attached hydrogen (secondary N) is 3. The Balaban J connectivity index is 3.69. The summed E-state index contributed by atoms with van der Waals surface area (Å²) in [5.41, 5.74) is 0. The lowest BCUT2D eigenvalue weighted by molar-refractivity contribution is -0.128. The first-order valence-corrected chi connectivity index (χ1v) is 7.54. The topological polar surface area (TPSA) is 104 Å². The van der Waals surface area contributed by atoms with Gasteiger partial charge in [0.25, 0.3) is 0 Å². The second-order valence-electron chi connectivity index (χ2n) is 3.86. The van der Waals surface area contributed by atoms with E-state index in [-0.39, 0.29) is 31.3 Å². The Morgan fingerprint density at radius 2 is 1.30 bits per heavy atom. The van der Waals surface area contributed by atoms with Crippen LogP contribution in [0.2, 0.25) is 0 Å². The van der Waals surface area contributed by atoms with E-state index >= 15 is 0 Å². The molecule has 0 aromatic rings.